The molecule has 1 N–H and O–H groups in total. The summed E-state index contributed by atoms with van der Waals surface area (Å²) in [5.74, 6) is -4.23. The van der Waals surface area contributed by atoms with Gasteiger partial charge in [0, 0.05) is 17.5 Å². The van der Waals surface area contributed by atoms with E-state index >= 15 is 4.39 Å². The van der Waals surface area contributed by atoms with Crippen molar-refractivity contribution < 1.29 is 18.3 Å². The zero-order valence-electron chi connectivity index (χ0n) is 17.6. The minimum Gasteiger partial charge on any atom is -0.382 e. The van der Waals surface area contributed by atoms with Gasteiger partial charge in [0.05, 0.1) is 25.1 Å². The van der Waals surface area contributed by atoms with Gasteiger partial charge in [-0.25, -0.2) is 23.4 Å². The first-order valence-corrected chi connectivity index (χ1v) is 10.1. The molecule has 2 unspecified atom stereocenters. The standard InChI is InChI=1S/C23H20F3N5O2/c1-15(21-20(26)22(32)30(14-28-21)10-16-5-3-2-4-6-16)23(33,11-31-13-27-12-29-31)18-8-7-17(24)9-19(18)25/h2-9,12-15,33H,10-11H2,1H3. The molecule has 0 spiro atoms. The molecule has 0 aliphatic carbocycles. The van der Waals surface area contributed by atoms with E-state index in [1.165, 1.54) is 30.6 Å². The van der Waals surface area contributed by atoms with Crippen LogP contribution in [-0.4, -0.2) is 29.4 Å². The monoisotopic (exact) mass is 455 g/mol. The van der Waals surface area contributed by atoms with Crippen LogP contribution < -0.4 is 5.56 Å². The highest BCUT2D eigenvalue weighted by molar-refractivity contribution is 5.30. The van der Waals surface area contributed by atoms with Crippen molar-refractivity contribution in [1.82, 2.24) is 24.3 Å². The fourth-order valence-corrected chi connectivity index (χ4v) is 3.75. The van der Waals surface area contributed by atoms with Gasteiger partial charge in [0.2, 0.25) is 5.82 Å². The van der Waals surface area contributed by atoms with E-state index in [1.54, 1.807) is 24.3 Å². The Labute approximate surface area is 186 Å². The third-order valence-electron chi connectivity index (χ3n) is 5.60. The van der Waals surface area contributed by atoms with Gasteiger partial charge in [-0.05, 0) is 11.6 Å². The van der Waals surface area contributed by atoms with Crippen LogP contribution in [0.2, 0.25) is 0 Å². The lowest BCUT2D eigenvalue weighted by Crippen LogP contribution is -2.40. The highest BCUT2D eigenvalue weighted by Gasteiger charge is 2.42. The summed E-state index contributed by atoms with van der Waals surface area (Å²) >= 11 is 0. The smallest absolute Gasteiger partial charge is 0.289 e. The Hall–Kier alpha value is -3.79. The maximum atomic E-state index is 15.2. The molecule has 33 heavy (non-hydrogen) atoms. The van der Waals surface area contributed by atoms with Gasteiger partial charge in [-0.15, -0.1) is 0 Å². The first kappa shape index (κ1) is 22.4. The SMILES string of the molecule is CC(c1ncn(Cc2ccccc2)c(=O)c1F)C(O)(Cn1cncn1)c1ccc(F)cc1F. The van der Waals surface area contributed by atoms with E-state index in [2.05, 4.69) is 15.1 Å². The number of nitrogens with zero attached hydrogens (tertiary/aromatic N) is 5. The molecule has 4 aromatic rings. The fourth-order valence-electron chi connectivity index (χ4n) is 3.75. The molecule has 2 aromatic carbocycles. The van der Waals surface area contributed by atoms with E-state index in [-0.39, 0.29) is 24.3 Å². The molecule has 2 heterocycles. The van der Waals surface area contributed by atoms with Crippen molar-refractivity contribution in [3.8, 4) is 0 Å². The lowest BCUT2D eigenvalue weighted by atomic mass is 9.79. The first-order valence-electron chi connectivity index (χ1n) is 10.1. The molecular formula is C23H20F3N5O2. The van der Waals surface area contributed by atoms with Gasteiger partial charge in [0.15, 0.2) is 0 Å². The maximum Gasteiger partial charge on any atom is 0.289 e. The average Bonchev–Trinajstić information content (AvgIpc) is 3.30. The molecule has 170 valence electrons. The third kappa shape index (κ3) is 4.42. The quantitative estimate of drug-likeness (QED) is 0.463. The molecule has 0 saturated heterocycles. The van der Waals surface area contributed by atoms with Crippen LogP contribution in [0.25, 0.3) is 0 Å². The van der Waals surface area contributed by atoms with Gasteiger partial charge >= 0.3 is 0 Å². The summed E-state index contributed by atoms with van der Waals surface area (Å²) < 4.78 is 45.8. The van der Waals surface area contributed by atoms with Crippen molar-refractivity contribution in [1.29, 1.82) is 0 Å². The number of hydrogen-bond donors (Lipinski definition) is 1. The van der Waals surface area contributed by atoms with Crippen LogP contribution >= 0.6 is 0 Å². The van der Waals surface area contributed by atoms with Crippen LogP contribution in [-0.2, 0) is 18.7 Å². The summed E-state index contributed by atoms with van der Waals surface area (Å²) in [5, 5.41) is 15.5. The fraction of sp³-hybridized carbons (Fsp3) is 0.217. The highest BCUT2D eigenvalue weighted by Crippen LogP contribution is 2.39. The van der Waals surface area contributed by atoms with Crippen LogP contribution in [0, 0.1) is 17.5 Å². The molecule has 0 amide bonds. The Bertz CT molecular complexity index is 1310. The molecular weight excluding hydrogens is 435 g/mol. The lowest BCUT2D eigenvalue weighted by Gasteiger charge is -2.34. The van der Waals surface area contributed by atoms with Crippen molar-refractivity contribution in [2.75, 3.05) is 0 Å². The lowest BCUT2D eigenvalue weighted by molar-refractivity contribution is -0.0135. The first-order chi connectivity index (χ1) is 15.8. The van der Waals surface area contributed by atoms with Crippen molar-refractivity contribution >= 4 is 0 Å². The topological polar surface area (TPSA) is 85.8 Å². The minimum absolute atomic E-state index is 0.105. The largest absolute Gasteiger partial charge is 0.382 e. The Morgan fingerprint density at radius 2 is 1.85 bits per heavy atom. The summed E-state index contributed by atoms with van der Waals surface area (Å²) in [4.78, 5) is 20.6. The van der Waals surface area contributed by atoms with Gasteiger partial charge in [0.25, 0.3) is 5.56 Å². The van der Waals surface area contributed by atoms with Gasteiger partial charge < -0.3 is 5.11 Å². The molecule has 0 aliphatic heterocycles. The van der Waals surface area contributed by atoms with Crippen molar-refractivity contribution in [3.05, 3.63) is 112 Å². The van der Waals surface area contributed by atoms with Gasteiger partial charge in [-0.2, -0.15) is 9.49 Å². The average molecular weight is 455 g/mol. The van der Waals surface area contributed by atoms with E-state index < -0.39 is 34.5 Å². The molecule has 7 nitrogen and oxygen atoms in total. The predicted octanol–water partition coefficient (Wildman–Crippen LogP) is 2.99. The van der Waals surface area contributed by atoms with Crippen LogP contribution in [0.4, 0.5) is 13.2 Å². The second kappa shape index (κ2) is 8.99. The molecule has 0 aliphatic rings. The van der Waals surface area contributed by atoms with Crippen LogP contribution in [0.5, 0.6) is 0 Å². The van der Waals surface area contributed by atoms with E-state index in [0.717, 1.165) is 22.3 Å². The Morgan fingerprint density at radius 3 is 2.52 bits per heavy atom. The molecule has 0 radical (unpaired) electrons. The highest BCUT2D eigenvalue weighted by atomic mass is 19.1. The number of hydrogen-bond acceptors (Lipinski definition) is 5. The molecule has 10 heteroatoms. The number of benzene rings is 2. The second-order valence-electron chi connectivity index (χ2n) is 7.73. The maximum absolute atomic E-state index is 15.2. The number of rotatable bonds is 7. The van der Waals surface area contributed by atoms with E-state index in [1.807, 2.05) is 6.07 Å². The van der Waals surface area contributed by atoms with Crippen LogP contribution in [0.15, 0.2) is 72.3 Å². The summed E-state index contributed by atoms with van der Waals surface area (Å²) in [6.45, 7) is 1.17. The number of aromatic nitrogens is 5. The molecule has 4 rings (SSSR count). The molecule has 0 saturated carbocycles. The number of halogens is 3. The Kier molecular flexibility index (Phi) is 6.10. The summed E-state index contributed by atoms with van der Waals surface area (Å²) in [7, 11) is 0. The Morgan fingerprint density at radius 1 is 1.09 bits per heavy atom. The van der Waals surface area contributed by atoms with Gasteiger partial charge in [-0.3, -0.25) is 9.36 Å². The normalized spacial score (nSPS) is 14.1. The Balaban J connectivity index is 1.76. The van der Waals surface area contributed by atoms with E-state index in [4.69, 9.17) is 0 Å². The molecule has 2 aromatic heterocycles. The molecule has 0 fully saturated rings. The molecule has 0 bridgehead atoms. The van der Waals surface area contributed by atoms with E-state index in [9.17, 15) is 18.7 Å². The predicted molar refractivity (Wildman–Crippen MR) is 113 cm³/mol. The summed E-state index contributed by atoms with van der Waals surface area (Å²) in [5.41, 5.74) is -2.93. The minimum atomic E-state index is -2.13. The summed E-state index contributed by atoms with van der Waals surface area (Å²) in [6, 6.07) is 11.7. The van der Waals surface area contributed by atoms with Crippen LogP contribution in [0.1, 0.15) is 29.7 Å². The van der Waals surface area contributed by atoms with Crippen molar-refractivity contribution in [2.45, 2.75) is 31.5 Å². The van der Waals surface area contributed by atoms with E-state index in [0.29, 0.717) is 6.07 Å². The van der Waals surface area contributed by atoms with Gasteiger partial charge in [-0.1, -0.05) is 43.3 Å². The van der Waals surface area contributed by atoms with Crippen LogP contribution in [0.3, 0.4) is 0 Å². The third-order valence-corrected chi connectivity index (χ3v) is 5.60. The number of aliphatic hydroxyl groups is 1. The zero-order chi connectivity index (χ0) is 23.6. The zero-order valence-corrected chi connectivity index (χ0v) is 17.6. The summed E-state index contributed by atoms with van der Waals surface area (Å²) in [6.07, 6.45) is 3.69. The second-order valence-corrected chi connectivity index (χ2v) is 7.73. The van der Waals surface area contributed by atoms with Gasteiger partial charge in [0.1, 0.15) is 29.9 Å². The van der Waals surface area contributed by atoms with Crippen molar-refractivity contribution in [2.24, 2.45) is 0 Å². The van der Waals surface area contributed by atoms with Crippen molar-refractivity contribution in [3.63, 3.8) is 0 Å². The molecule has 2 atom stereocenters.